The Bertz CT molecular complexity index is 1100. The number of carbonyl (C=O) groups excluding carboxylic acids is 2. The quantitative estimate of drug-likeness (QED) is 0.635. The number of imidazole rings is 1. The Hall–Kier alpha value is -3.68. The summed E-state index contributed by atoms with van der Waals surface area (Å²) >= 11 is 0. The molecule has 0 unspecified atom stereocenters. The number of rotatable bonds is 6. The lowest BCUT2D eigenvalue weighted by Gasteiger charge is -2.11. The number of amides is 1. The van der Waals surface area contributed by atoms with Crippen LogP contribution in [0.4, 0.5) is 5.69 Å². The highest BCUT2D eigenvalue weighted by Gasteiger charge is 2.14. The number of anilines is 1. The van der Waals surface area contributed by atoms with Crippen molar-refractivity contribution in [2.45, 2.75) is 19.9 Å². The summed E-state index contributed by atoms with van der Waals surface area (Å²) in [6, 6.07) is 9.19. The zero-order valence-electron chi connectivity index (χ0n) is 15.5. The molecule has 0 aliphatic rings. The minimum absolute atomic E-state index is 0.0725. The van der Waals surface area contributed by atoms with Crippen molar-refractivity contribution in [3.05, 3.63) is 76.2 Å². The second-order valence-corrected chi connectivity index (χ2v) is 6.41. The first-order valence-corrected chi connectivity index (χ1v) is 8.67. The summed E-state index contributed by atoms with van der Waals surface area (Å²) in [4.78, 5) is 40.7. The van der Waals surface area contributed by atoms with Gasteiger partial charge in [-0.15, -0.1) is 0 Å². The highest BCUT2D eigenvalue weighted by atomic mass is 16.3. The van der Waals surface area contributed by atoms with E-state index in [-0.39, 0.29) is 36.0 Å². The van der Waals surface area contributed by atoms with Crippen LogP contribution in [0.1, 0.15) is 28.3 Å². The summed E-state index contributed by atoms with van der Waals surface area (Å²) in [6.45, 7) is 1.87. The minimum atomic E-state index is -0.368. The first kappa shape index (κ1) is 19.1. The molecule has 0 aliphatic carbocycles. The van der Waals surface area contributed by atoms with Crippen LogP contribution in [-0.2, 0) is 18.4 Å². The Morgan fingerprint density at radius 1 is 1.21 bits per heavy atom. The average molecular weight is 380 g/mol. The molecule has 0 saturated carbocycles. The van der Waals surface area contributed by atoms with E-state index >= 15 is 0 Å². The Morgan fingerprint density at radius 2 is 2.00 bits per heavy atom. The molecule has 0 atom stereocenters. The number of benzene rings is 1. The van der Waals surface area contributed by atoms with Gasteiger partial charge in [0.2, 0.25) is 11.7 Å². The van der Waals surface area contributed by atoms with E-state index in [0.29, 0.717) is 22.8 Å². The Balaban J connectivity index is 1.67. The highest BCUT2D eigenvalue weighted by Crippen LogP contribution is 2.15. The van der Waals surface area contributed by atoms with E-state index in [1.807, 2.05) is 0 Å². The molecule has 8 heteroatoms. The van der Waals surface area contributed by atoms with E-state index in [0.717, 1.165) is 6.07 Å². The summed E-state index contributed by atoms with van der Waals surface area (Å²) in [5, 5.41) is 12.2. The third-order valence-electron chi connectivity index (χ3n) is 4.32. The zero-order valence-corrected chi connectivity index (χ0v) is 15.5. The number of hydrogen-bond donors (Lipinski definition) is 2. The largest absolute Gasteiger partial charge is 0.508 e. The highest BCUT2D eigenvalue weighted by molar-refractivity contribution is 6.07. The van der Waals surface area contributed by atoms with E-state index in [1.54, 1.807) is 55.2 Å². The number of pyridine rings is 1. The van der Waals surface area contributed by atoms with Gasteiger partial charge in [-0.2, -0.15) is 0 Å². The van der Waals surface area contributed by atoms with E-state index < -0.39 is 0 Å². The monoisotopic (exact) mass is 380 g/mol. The molecule has 0 spiro atoms. The van der Waals surface area contributed by atoms with Crippen LogP contribution in [0, 0.1) is 6.92 Å². The van der Waals surface area contributed by atoms with Gasteiger partial charge >= 0.3 is 0 Å². The lowest BCUT2D eigenvalue weighted by Crippen LogP contribution is -2.24. The summed E-state index contributed by atoms with van der Waals surface area (Å²) in [7, 11) is 1.74. The van der Waals surface area contributed by atoms with Gasteiger partial charge < -0.3 is 19.6 Å². The first-order valence-electron chi connectivity index (χ1n) is 8.67. The normalized spacial score (nSPS) is 10.6. The topological polar surface area (TPSA) is 106 Å². The molecule has 0 fully saturated rings. The van der Waals surface area contributed by atoms with Crippen LogP contribution in [0.25, 0.3) is 0 Å². The van der Waals surface area contributed by atoms with Crippen LogP contribution < -0.4 is 10.9 Å². The zero-order chi connectivity index (χ0) is 20.3. The van der Waals surface area contributed by atoms with Crippen molar-refractivity contribution in [2.75, 3.05) is 5.32 Å². The van der Waals surface area contributed by atoms with Crippen LogP contribution in [0.2, 0.25) is 0 Å². The molecule has 0 radical (unpaired) electrons. The Kier molecular flexibility index (Phi) is 5.39. The van der Waals surface area contributed by atoms with Gasteiger partial charge in [0.05, 0.1) is 0 Å². The van der Waals surface area contributed by atoms with Gasteiger partial charge in [-0.1, -0.05) is 12.1 Å². The Morgan fingerprint density at radius 3 is 2.68 bits per heavy atom. The lowest BCUT2D eigenvalue weighted by atomic mass is 10.1. The van der Waals surface area contributed by atoms with Gasteiger partial charge in [0.1, 0.15) is 5.75 Å². The van der Waals surface area contributed by atoms with Gasteiger partial charge in [-0.05, 0) is 25.1 Å². The molecule has 3 aromatic rings. The molecule has 0 aliphatic heterocycles. The summed E-state index contributed by atoms with van der Waals surface area (Å²) < 4.78 is 3.05. The van der Waals surface area contributed by atoms with Gasteiger partial charge in [0.25, 0.3) is 5.56 Å². The van der Waals surface area contributed by atoms with Gasteiger partial charge in [0, 0.05) is 55.4 Å². The fourth-order valence-electron chi connectivity index (χ4n) is 2.89. The molecule has 2 N–H and O–H groups in total. The van der Waals surface area contributed by atoms with Crippen LogP contribution in [0.3, 0.4) is 0 Å². The summed E-state index contributed by atoms with van der Waals surface area (Å²) in [5.41, 5.74) is 1.10. The summed E-state index contributed by atoms with van der Waals surface area (Å²) in [5.74, 6) is -0.320. The van der Waals surface area contributed by atoms with Crippen LogP contribution in [-0.4, -0.2) is 30.9 Å². The number of carbonyl (C=O) groups is 2. The van der Waals surface area contributed by atoms with Crippen LogP contribution >= 0.6 is 0 Å². The lowest BCUT2D eigenvalue weighted by molar-refractivity contribution is -0.116. The van der Waals surface area contributed by atoms with Crippen LogP contribution in [0.5, 0.6) is 5.75 Å². The van der Waals surface area contributed by atoms with Crippen molar-refractivity contribution in [2.24, 2.45) is 7.05 Å². The maximum atomic E-state index is 12.5. The fourth-order valence-corrected chi connectivity index (χ4v) is 2.89. The average Bonchev–Trinajstić information content (AvgIpc) is 3.06. The van der Waals surface area contributed by atoms with E-state index in [2.05, 4.69) is 10.3 Å². The number of aromatic nitrogens is 3. The molecule has 3 rings (SSSR count). The SMILES string of the molecule is Cc1cc(O)cc(=O)n1CCC(=O)Nc1cccc(C(=O)c2nccn2C)c1. The van der Waals surface area contributed by atoms with E-state index in [9.17, 15) is 19.5 Å². The van der Waals surface area contributed by atoms with Crippen LogP contribution in [0.15, 0.2) is 53.6 Å². The van der Waals surface area contributed by atoms with Gasteiger partial charge in [0.15, 0.2) is 5.82 Å². The number of nitrogens with one attached hydrogen (secondary N) is 1. The van der Waals surface area contributed by atoms with Crippen molar-refractivity contribution < 1.29 is 14.7 Å². The first-order chi connectivity index (χ1) is 13.3. The predicted octanol–water partition coefficient (Wildman–Crippen LogP) is 1.86. The van der Waals surface area contributed by atoms with Crippen molar-refractivity contribution >= 4 is 17.4 Å². The predicted molar refractivity (Wildman–Crippen MR) is 103 cm³/mol. The fraction of sp³-hybridized carbons (Fsp3) is 0.200. The van der Waals surface area contributed by atoms with Crippen molar-refractivity contribution in [3.8, 4) is 5.75 Å². The molecule has 2 heterocycles. The third kappa shape index (κ3) is 4.17. The number of ketones is 1. The summed E-state index contributed by atoms with van der Waals surface area (Å²) in [6.07, 6.45) is 3.31. The van der Waals surface area contributed by atoms with Crippen molar-refractivity contribution in [1.82, 2.24) is 14.1 Å². The number of aromatic hydroxyl groups is 1. The van der Waals surface area contributed by atoms with Crippen molar-refractivity contribution in [1.29, 1.82) is 0 Å². The van der Waals surface area contributed by atoms with Gasteiger partial charge in [-0.3, -0.25) is 14.4 Å². The minimum Gasteiger partial charge on any atom is -0.508 e. The van der Waals surface area contributed by atoms with E-state index in [4.69, 9.17) is 0 Å². The smallest absolute Gasteiger partial charge is 0.254 e. The molecule has 28 heavy (non-hydrogen) atoms. The molecular formula is C20H20N4O4. The number of nitrogens with zero attached hydrogens (tertiary/aromatic N) is 3. The molecule has 8 nitrogen and oxygen atoms in total. The molecule has 144 valence electrons. The maximum Gasteiger partial charge on any atom is 0.254 e. The standard InChI is InChI=1S/C20H20N4O4/c1-13-10-16(25)12-18(27)24(13)8-6-17(26)22-15-5-3-4-14(11-15)19(28)20-21-7-9-23(20)2/h3-5,7,9-12,25H,6,8H2,1-2H3,(H,22,26). The molecule has 0 saturated heterocycles. The number of aryl methyl sites for hydroxylation is 2. The van der Waals surface area contributed by atoms with E-state index in [1.165, 1.54) is 10.6 Å². The van der Waals surface area contributed by atoms with Gasteiger partial charge in [-0.25, -0.2) is 4.98 Å². The van der Waals surface area contributed by atoms with Crippen molar-refractivity contribution in [3.63, 3.8) is 0 Å². The molecule has 1 aromatic carbocycles. The maximum absolute atomic E-state index is 12.5. The Labute approximate surface area is 161 Å². The molecule has 1 amide bonds. The second kappa shape index (κ2) is 7.91. The number of hydrogen-bond acceptors (Lipinski definition) is 5. The molecule has 2 aromatic heterocycles. The third-order valence-corrected chi connectivity index (χ3v) is 4.32. The second-order valence-electron chi connectivity index (χ2n) is 6.41. The molecular weight excluding hydrogens is 360 g/mol. The molecule has 0 bridgehead atoms.